The second-order valence-corrected chi connectivity index (χ2v) is 7.42. The van der Waals surface area contributed by atoms with Gasteiger partial charge in [-0.15, -0.1) is 11.3 Å². The highest BCUT2D eigenvalue weighted by Gasteiger charge is 2.26. The quantitative estimate of drug-likeness (QED) is 0.487. The first kappa shape index (κ1) is 17.5. The maximum absolute atomic E-state index is 5.71. The van der Waals surface area contributed by atoms with E-state index < -0.39 is 0 Å². The Balaban J connectivity index is 1.61. The van der Waals surface area contributed by atoms with Crippen LogP contribution in [0.15, 0.2) is 34.7 Å². The number of morpholine rings is 1. The summed E-state index contributed by atoms with van der Waals surface area (Å²) < 4.78 is 5.71. The van der Waals surface area contributed by atoms with Crippen molar-refractivity contribution in [1.82, 2.24) is 15.5 Å². The van der Waals surface area contributed by atoms with Crippen molar-refractivity contribution in [3.63, 3.8) is 0 Å². The van der Waals surface area contributed by atoms with E-state index in [-0.39, 0.29) is 0 Å². The molecule has 0 spiro atoms. The predicted molar refractivity (Wildman–Crippen MR) is 101 cm³/mol. The summed E-state index contributed by atoms with van der Waals surface area (Å²) in [7, 11) is 1.84. The third kappa shape index (κ3) is 4.59. The van der Waals surface area contributed by atoms with Gasteiger partial charge >= 0.3 is 0 Å². The van der Waals surface area contributed by atoms with Crippen molar-refractivity contribution in [3.05, 3.63) is 34.5 Å². The van der Waals surface area contributed by atoms with E-state index in [9.17, 15) is 0 Å². The molecule has 132 valence electrons. The van der Waals surface area contributed by atoms with Gasteiger partial charge in [0, 0.05) is 37.6 Å². The first-order valence-electron chi connectivity index (χ1n) is 8.77. The Labute approximate surface area is 148 Å². The zero-order chi connectivity index (χ0) is 16.8. The van der Waals surface area contributed by atoms with E-state index in [1.807, 2.05) is 18.4 Å². The molecule has 0 amide bonds. The molecule has 2 aliphatic rings. The summed E-state index contributed by atoms with van der Waals surface area (Å²) in [6.07, 6.45) is 6.91. The lowest BCUT2D eigenvalue weighted by Gasteiger charge is -2.37. The van der Waals surface area contributed by atoms with E-state index in [1.54, 1.807) is 0 Å². The van der Waals surface area contributed by atoms with Crippen LogP contribution in [-0.2, 0) is 4.74 Å². The summed E-state index contributed by atoms with van der Waals surface area (Å²) in [6, 6.07) is 5.19. The van der Waals surface area contributed by atoms with Crippen LogP contribution in [0.2, 0.25) is 0 Å². The van der Waals surface area contributed by atoms with Gasteiger partial charge in [-0.1, -0.05) is 18.2 Å². The van der Waals surface area contributed by atoms with Crippen LogP contribution in [0.1, 0.15) is 30.7 Å². The summed E-state index contributed by atoms with van der Waals surface area (Å²) in [5.41, 5.74) is 0. The average molecular weight is 349 g/mol. The molecule has 5 nitrogen and oxygen atoms in total. The van der Waals surface area contributed by atoms with Gasteiger partial charge in [0.1, 0.15) is 0 Å². The highest BCUT2D eigenvalue weighted by atomic mass is 32.1. The molecule has 2 N–H and O–H groups in total. The largest absolute Gasteiger partial charge is 0.376 e. The molecule has 0 radical (unpaired) electrons. The second-order valence-electron chi connectivity index (χ2n) is 6.44. The first-order valence-corrected chi connectivity index (χ1v) is 9.65. The smallest absolute Gasteiger partial charge is 0.191 e. The van der Waals surface area contributed by atoms with Gasteiger partial charge in [-0.2, -0.15) is 0 Å². The topological polar surface area (TPSA) is 48.9 Å². The van der Waals surface area contributed by atoms with Crippen molar-refractivity contribution >= 4 is 17.3 Å². The standard InChI is InChI=1S/C18H28N4OS/c1-14-13-22(9-10-23-14)16(17-8-5-11-24-17)12-20-18(19-2)21-15-6-3-4-7-15/h3-5,8,11,14-16H,6-7,9-10,12-13H2,1-2H3,(H2,19,20,21). The molecular weight excluding hydrogens is 320 g/mol. The minimum atomic E-state index is 0.295. The lowest BCUT2D eigenvalue weighted by atomic mass is 10.1. The van der Waals surface area contributed by atoms with Crippen LogP contribution in [0.3, 0.4) is 0 Å². The zero-order valence-electron chi connectivity index (χ0n) is 14.6. The van der Waals surface area contributed by atoms with Gasteiger partial charge in [-0.3, -0.25) is 9.89 Å². The zero-order valence-corrected chi connectivity index (χ0v) is 15.4. The Morgan fingerprint density at radius 2 is 2.29 bits per heavy atom. The van der Waals surface area contributed by atoms with Crippen molar-refractivity contribution in [2.75, 3.05) is 33.3 Å². The first-order chi connectivity index (χ1) is 11.8. The predicted octanol–water partition coefficient (Wildman–Crippen LogP) is 2.39. The number of hydrogen-bond donors (Lipinski definition) is 2. The highest BCUT2D eigenvalue weighted by molar-refractivity contribution is 7.10. The van der Waals surface area contributed by atoms with Gasteiger partial charge in [0.2, 0.25) is 0 Å². The van der Waals surface area contributed by atoms with Crippen LogP contribution >= 0.6 is 11.3 Å². The summed E-state index contributed by atoms with van der Waals surface area (Å²) in [4.78, 5) is 8.31. The molecule has 0 saturated carbocycles. The number of ether oxygens (including phenoxy) is 1. The van der Waals surface area contributed by atoms with Crippen LogP contribution in [0.4, 0.5) is 0 Å². The Hall–Kier alpha value is -1.37. The summed E-state index contributed by atoms with van der Waals surface area (Å²) in [5, 5.41) is 9.20. The normalized spacial score (nSPS) is 24.2. The van der Waals surface area contributed by atoms with Crippen LogP contribution in [0.5, 0.6) is 0 Å². The highest BCUT2D eigenvalue weighted by Crippen LogP contribution is 2.26. The maximum atomic E-state index is 5.71. The third-order valence-electron chi connectivity index (χ3n) is 4.62. The van der Waals surface area contributed by atoms with Gasteiger partial charge in [0.05, 0.1) is 18.8 Å². The molecule has 1 aliphatic carbocycles. The fraction of sp³-hybridized carbons (Fsp3) is 0.611. The van der Waals surface area contributed by atoms with Crippen LogP contribution in [0.25, 0.3) is 0 Å². The Kier molecular flexibility index (Phi) is 6.29. The van der Waals surface area contributed by atoms with E-state index in [0.717, 1.165) is 45.0 Å². The molecule has 6 heteroatoms. The number of nitrogens with one attached hydrogen (secondary N) is 2. The molecule has 1 fully saturated rings. The van der Waals surface area contributed by atoms with Crippen LogP contribution < -0.4 is 10.6 Å². The van der Waals surface area contributed by atoms with Crippen LogP contribution in [-0.4, -0.2) is 56.3 Å². The molecule has 2 heterocycles. The SMILES string of the molecule is CN=C(NCC(c1cccs1)N1CCOC(C)C1)NC1CC=CC1. The number of hydrogen-bond acceptors (Lipinski definition) is 4. The molecule has 1 saturated heterocycles. The fourth-order valence-electron chi connectivity index (χ4n) is 3.34. The van der Waals surface area contributed by atoms with Crippen molar-refractivity contribution < 1.29 is 4.74 Å². The fourth-order valence-corrected chi connectivity index (χ4v) is 4.20. The summed E-state index contributed by atoms with van der Waals surface area (Å²) in [6.45, 7) is 5.77. The van der Waals surface area contributed by atoms with Crippen molar-refractivity contribution in [1.29, 1.82) is 0 Å². The van der Waals surface area contributed by atoms with Gasteiger partial charge < -0.3 is 15.4 Å². The summed E-state index contributed by atoms with van der Waals surface area (Å²) >= 11 is 1.83. The number of aliphatic imine (C=N–C) groups is 1. The van der Waals surface area contributed by atoms with Gasteiger partial charge in [0.25, 0.3) is 0 Å². The maximum Gasteiger partial charge on any atom is 0.191 e. The molecule has 2 atom stereocenters. The minimum absolute atomic E-state index is 0.295. The molecule has 0 bridgehead atoms. The monoisotopic (exact) mass is 348 g/mol. The summed E-state index contributed by atoms with van der Waals surface area (Å²) in [5.74, 6) is 0.895. The van der Waals surface area contributed by atoms with E-state index in [0.29, 0.717) is 18.2 Å². The molecule has 3 rings (SSSR count). The molecule has 2 unspecified atom stereocenters. The minimum Gasteiger partial charge on any atom is -0.376 e. The number of rotatable bonds is 5. The van der Waals surface area contributed by atoms with Crippen molar-refractivity contribution in [2.45, 2.75) is 38.0 Å². The second kappa shape index (κ2) is 8.65. The number of thiophene rings is 1. The van der Waals surface area contributed by atoms with Gasteiger partial charge in [-0.05, 0) is 31.2 Å². The molecule has 1 aromatic heterocycles. The molecule has 24 heavy (non-hydrogen) atoms. The Morgan fingerprint density at radius 3 is 2.96 bits per heavy atom. The molecule has 1 aromatic rings. The third-order valence-corrected chi connectivity index (χ3v) is 5.59. The van der Waals surface area contributed by atoms with E-state index >= 15 is 0 Å². The molecular formula is C18H28N4OS. The lowest BCUT2D eigenvalue weighted by molar-refractivity contribution is -0.0334. The molecule has 1 aliphatic heterocycles. The van der Waals surface area contributed by atoms with Crippen LogP contribution in [0, 0.1) is 0 Å². The lowest BCUT2D eigenvalue weighted by Crippen LogP contribution is -2.49. The Morgan fingerprint density at radius 1 is 1.46 bits per heavy atom. The Bertz CT molecular complexity index is 549. The van der Waals surface area contributed by atoms with E-state index in [4.69, 9.17) is 4.74 Å². The van der Waals surface area contributed by atoms with Gasteiger partial charge in [-0.25, -0.2) is 0 Å². The number of nitrogens with zero attached hydrogens (tertiary/aromatic N) is 2. The number of guanidine groups is 1. The van der Waals surface area contributed by atoms with E-state index in [1.165, 1.54) is 4.88 Å². The van der Waals surface area contributed by atoms with Crippen molar-refractivity contribution in [3.8, 4) is 0 Å². The molecule has 0 aromatic carbocycles. The van der Waals surface area contributed by atoms with Gasteiger partial charge in [0.15, 0.2) is 5.96 Å². The van der Waals surface area contributed by atoms with Crippen molar-refractivity contribution in [2.24, 2.45) is 4.99 Å². The average Bonchev–Trinajstić information content (AvgIpc) is 3.28. The van der Waals surface area contributed by atoms with E-state index in [2.05, 4.69) is 57.1 Å².